The van der Waals surface area contributed by atoms with E-state index < -0.39 is 5.25 Å². The lowest BCUT2D eigenvalue weighted by Crippen LogP contribution is -2.29. The van der Waals surface area contributed by atoms with Crippen LogP contribution in [0.25, 0.3) is 10.9 Å². The third kappa shape index (κ3) is 3.94. The van der Waals surface area contributed by atoms with E-state index in [9.17, 15) is 9.59 Å². The van der Waals surface area contributed by atoms with Gasteiger partial charge in [0.25, 0.3) is 5.56 Å². The summed E-state index contributed by atoms with van der Waals surface area (Å²) in [5, 5.41) is 0.815. The Morgan fingerprint density at radius 1 is 1.07 bits per heavy atom. The van der Waals surface area contributed by atoms with Crippen LogP contribution in [0, 0.1) is 0 Å². The molecule has 1 aromatic heterocycles. The van der Waals surface area contributed by atoms with Crippen LogP contribution in [-0.4, -0.2) is 34.5 Å². The molecule has 1 atom stereocenters. The first-order chi connectivity index (χ1) is 14.1. The molecule has 5 nitrogen and oxygen atoms in total. The molecular weight excluding hydrogens is 382 g/mol. The monoisotopic (exact) mass is 407 g/mol. The van der Waals surface area contributed by atoms with Gasteiger partial charge in [-0.3, -0.25) is 14.2 Å². The van der Waals surface area contributed by atoms with Crippen molar-refractivity contribution in [3.8, 4) is 0 Å². The van der Waals surface area contributed by atoms with Crippen molar-refractivity contribution in [3.63, 3.8) is 0 Å². The third-order valence-electron chi connectivity index (χ3n) is 5.46. The van der Waals surface area contributed by atoms with Crippen LogP contribution in [0.4, 0.5) is 0 Å². The Balaban J connectivity index is 1.85. The lowest BCUT2D eigenvalue weighted by atomic mass is 10.1. The van der Waals surface area contributed by atoms with Gasteiger partial charge in [-0.15, -0.1) is 0 Å². The number of amides is 1. The van der Waals surface area contributed by atoms with Crippen LogP contribution in [0.1, 0.15) is 42.5 Å². The first kappa shape index (κ1) is 19.7. The SMILES string of the molecule is CN(C)C(=O)[C@@H](Sc1nc2ccccc2c(=O)n1C1CCCC1)c1ccccc1. The molecule has 0 N–H and O–H groups in total. The Hall–Kier alpha value is -2.60. The van der Waals surface area contributed by atoms with E-state index in [1.54, 1.807) is 19.0 Å². The Bertz CT molecular complexity index is 1070. The topological polar surface area (TPSA) is 55.2 Å². The predicted molar refractivity (Wildman–Crippen MR) is 117 cm³/mol. The summed E-state index contributed by atoms with van der Waals surface area (Å²) in [6.45, 7) is 0. The number of thioether (sulfide) groups is 1. The average Bonchev–Trinajstić information content (AvgIpc) is 3.26. The summed E-state index contributed by atoms with van der Waals surface area (Å²) in [5.41, 5.74) is 1.59. The average molecular weight is 408 g/mol. The second-order valence-electron chi connectivity index (χ2n) is 7.67. The van der Waals surface area contributed by atoms with Crippen molar-refractivity contribution in [2.24, 2.45) is 0 Å². The Labute approximate surface area is 174 Å². The van der Waals surface area contributed by atoms with Crippen LogP contribution in [0.15, 0.2) is 64.5 Å². The number of nitrogens with zero attached hydrogens (tertiary/aromatic N) is 3. The molecule has 29 heavy (non-hydrogen) atoms. The summed E-state index contributed by atoms with van der Waals surface area (Å²) in [7, 11) is 3.52. The molecule has 0 saturated heterocycles. The van der Waals surface area contributed by atoms with Crippen LogP contribution < -0.4 is 5.56 Å². The van der Waals surface area contributed by atoms with E-state index in [-0.39, 0.29) is 17.5 Å². The fourth-order valence-electron chi connectivity index (χ4n) is 3.92. The van der Waals surface area contributed by atoms with Gasteiger partial charge in [-0.2, -0.15) is 0 Å². The van der Waals surface area contributed by atoms with Gasteiger partial charge in [-0.1, -0.05) is 67.1 Å². The normalized spacial score (nSPS) is 15.5. The van der Waals surface area contributed by atoms with Crippen LogP contribution in [0.3, 0.4) is 0 Å². The fraction of sp³-hybridized carbons (Fsp3) is 0.348. The van der Waals surface area contributed by atoms with E-state index in [0.29, 0.717) is 16.1 Å². The molecule has 0 bridgehead atoms. The molecule has 0 spiro atoms. The van der Waals surface area contributed by atoms with Crippen LogP contribution in [0.2, 0.25) is 0 Å². The third-order valence-corrected chi connectivity index (χ3v) is 6.66. The van der Waals surface area contributed by atoms with E-state index >= 15 is 0 Å². The van der Waals surface area contributed by atoms with Crippen molar-refractivity contribution in [2.75, 3.05) is 14.1 Å². The molecule has 3 aromatic rings. The number of carbonyl (C=O) groups excluding carboxylic acids is 1. The zero-order valence-corrected chi connectivity index (χ0v) is 17.6. The number of rotatable bonds is 5. The molecule has 1 aliphatic carbocycles. The Kier molecular flexibility index (Phi) is 5.72. The minimum absolute atomic E-state index is 0.00545. The summed E-state index contributed by atoms with van der Waals surface area (Å²) in [4.78, 5) is 32.8. The summed E-state index contributed by atoms with van der Waals surface area (Å²) in [6.07, 6.45) is 4.19. The molecule has 6 heteroatoms. The Morgan fingerprint density at radius 3 is 2.41 bits per heavy atom. The van der Waals surface area contributed by atoms with E-state index in [0.717, 1.165) is 31.2 Å². The number of para-hydroxylation sites is 1. The molecule has 1 aliphatic rings. The number of hydrogen-bond donors (Lipinski definition) is 0. The van der Waals surface area contributed by atoms with Gasteiger partial charge in [0.15, 0.2) is 5.16 Å². The van der Waals surface area contributed by atoms with Crippen LogP contribution >= 0.6 is 11.8 Å². The lowest BCUT2D eigenvalue weighted by molar-refractivity contribution is -0.128. The number of fused-ring (bicyclic) bond motifs is 1. The molecule has 0 radical (unpaired) electrons. The van der Waals surface area contributed by atoms with Crippen molar-refractivity contribution < 1.29 is 4.79 Å². The maximum absolute atomic E-state index is 13.4. The molecule has 0 aliphatic heterocycles. The lowest BCUT2D eigenvalue weighted by Gasteiger charge is -2.24. The van der Waals surface area contributed by atoms with Crippen LogP contribution in [0.5, 0.6) is 0 Å². The van der Waals surface area contributed by atoms with E-state index in [4.69, 9.17) is 4.98 Å². The van der Waals surface area contributed by atoms with Crippen molar-refractivity contribution in [1.82, 2.24) is 14.5 Å². The van der Waals surface area contributed by atoms with E-state index in [2.05, 4.69) is 0 Å². The van der Waals surface area contributed by atoms with Gasteiger partial charge in [0, 0.05) is 20.1 Å². The molecule has 1 amide bonds. The number of likely N-dealkylation sites (N-methyl/N-ethyl adjacent to an activating group) is 1. The number of aromatic nitrogens is 2. The maximum atomic E-state index is 13.4. The Morgan fingerprint density at radius 2 is 1.72 bits per heavy atom. The predicted octanol–water partition coefficient (Wildman–Crippen LogP) is 4.43. The summed E-state index contributed by atoms with van der Waals surface area (Å²) in [6, 6.07) is 17.3. The molecule has 4 rings (SSSR count). The number of carbonyl (C=O) groups is 1. The first-order valence-electron chi connectivity index (χ1n) is 10.0. The van der Waals surface area contributed by atoms with Gasteiger partial charge in [-0.25, -0.2) is 4.98 Å². The molecular formula is C23H25N3O2S. The molecule has 1 saturated carbocycles. The van der Waals surface area contributed by atoms with Gasteiger partial charge in [0.2, 0.25) is 5.91 Å². The highest BCUT2D eigenvalue weighted by molar-refractivity contribution is 8.00. The molecule has 1 heterocycles. The maximum Gasteiger partial charge on any atom is 0.262 e. The van der Waals surface area contributed by atoms with Crippen molar-refractivity contribution in [2.45, 2.75) is 42.1 Å². The van der Waals surface area contributed by atoms with Crippen molar-refractivity contribution in [1.29, 1.82) is 0 Å². The van der Waals surface area contributed by atoms with Gasteiger partial charge < -0.3 is 4.90 Å². The quantitative estimate of drug-likeness (QED) is 0.464. The molecule has 1 fully saturated rings. The highest BCUT2D eigenvalue weighted by atomic mass is 32.2. The number of hydrogen-bond acceptors (Lipinski definition) is 4. The van der Waals surface area contributed by atoms with Gasteiger partial charge in [0.1, 0.15) is 5.25 Å². The smallest absolute Gasteiger partial charge is 0.262 e. The second kappa shape index (κ2) is 8.41. The highest BCUT2D eigenvalue weighted by Crippen LogP contribution is 2.39. The summed E-state index contributed by atoms with van der Waals surface area (Å²) >= 11 is 1.38. The first-order valence-corrected chi connectivity index (χ1v) is 10.9. The standard InChI is InChI=1S/C23H25N3O2S/c1-25(2)22(28)20(16-10-4-3-5-11-16)29-23-24-19-15-9-8-14-18(19)21(27)26(23)17-12-6-7-13-17/h3-5,8-11,14-15,17,20H,6-7,12-13H2,1-2H3/t20-/m0/s1. The molecule has 0 unspecified atom stereocenters. The largest absolute Gasteiger partial charge is 0.348 e. The van der Waals surface area contributed by atoms with Gasteiger partial charge in [0.05, 0.1) is 10.9 Å². The fourth-order valence-corrected chi connectivity index (χ4v) is 5.23. The van der Waals surface area contributed by atoms with E-state index in [1.165, 1.54) is 11.8 Å². The molecule has 2 aromatic carbocycles. The van der Waals surface area contributed by atoms with Crippen molar-refractivity contribution in [3.05, 3.63) is 70.5 Å². The summed E-state index contributed by atoms with van der Waals surface area (Å²) in [5.74, 6) is -0.0124. The zero-order valence-electron chi connectivity index (χ0n) is 16.7. The minimum atomic E-state index is -0.452. The van der Waals surface area contributed by atoms with Gasteiger partial charge >= 0.3 is 0 Å². The summed E-state index contributed by atoms with van der Waals surface area (Å²) < 4.78 is 1.85. The van der Waals surface area contributed by atoms with Crippen molar-refractivity contribution >= 4 is 28.6 Å². The molecule has 150 valence electrons. The highest BCUT2D eigenvalue weighted by Gasteiger charge is 2.29. The zero-order chi connectivity index (χ0) is 20.4. The van der Waals surface area contributed by atoms with E-state index in [1.807, 2.05) is 59.2 Å². The van der Waals surface area contributed by atoms with Gasteiger partial charge in [-0.05, 0) is 30.5 Å². The number of benzene rings is 2. The minimum Gasteiger partial charge on any atom is -0.348 e. The van der Waals surface area contributed by atoms with Crippen LogP contribution in [-0.2, 0) is 4.79 Å². The second-order valence-corrected chi connectivity index (χ2v) is 8.74.